The van der Waals surface area contributed by atoms with Crippen molar-refractivity contribution in [1.29, 1.82) is 0 Å². The number of rotatable bonds is 0. The SMILES string of the molecule is C1=CC2=CN3C=CC=CC3=C3OCCC23C=C1. The van der Waals surface area contributed by atoms with Gasteiger partial charge in [0.05, 0.1) is 17.7 Å². The molecule has 1 atom stereocenters. The maximum Gasteiger partial charge on any atom is 0.134 e. The molecule has 1 unspecified atom stereocenters. The summed E-state index contributed by atoms with van der Waals surface area (Å²) in [5.74, 6) is 1.11. The van der Waals surface area contributed by atoms with Crippen molar-refractivity contribution in [2.75, 3.05) is 6.61 Å². The van der Waals surface area contributed by atoms with E-state index in [-0.39, 0.29) is 5.41 Å². The molecule has 1 saturated heterocycles. The van der Waals surface area contributed by atoms with Crippen LogP contribution in [0, 0.1) is 5.41 Å². The van der Waals surface area contributed by atoms with E-state index in [1.807, 2.05) is 6.08 Å². The zero-order valence-corrected chi connectivity index (χ0v) is 9.47. The Kier molecular flexibility index (Phi) is 1.63. The van der Waals surface area contributed by atoms with E-state index in [2.05, 4.69) is 53.8 Å². The third kappa shape index (κ3) is 1.05. The molecule has 0 saturated carbocycles. The van der Waals surface area contributed by atoms with Crippen LogP contribution >= 0.6 is 0 Å². The monoisotopic (exact) mass is 223 g/mol. The first-order valence-corrected chi connectivity index (χ1v) is 5.99. The molecule has 4 aliphatic rings. The Morgan fingerprint density at radius 1 is 1.12 bits per heavy atom. The largest absolute Gasteiger partial charge is 0.494 e. The van der Waals surface area contributed by atoms with Crippen LogP contribution in [0.15, 0.2) is 72.0 Å². The van der Waals surface area contributed by atoms with Crippen LogP contribution in [0.1, 0.15) is 6.42 Å². The van der Waals surface area contributed by atoms with Crippen molar-refractivity contribution in [2.45, 2.75) is 6.42 Å². The predicted octanol–water partition coefficient (Wildman–Crippen LogP) is 3.01. The minimum Gasteiger partial charge on any atom is -0.494 e. The lowest BCUT2D eigenvalue weighted by molar-refractivity contribution is 0.242. The lowest BCUT2D eigenvalue weighted by Gasteiger charge is -2.37. The summed E-state index contributed by atoms with van der Waals surface area (Å²) in [6, 6.07) is 0. The number of allylic oxidation sites excluding steroid dienone is 7. The third-order valence-electron chi connectivity index (χ3n) is 3.83. The first-order valence-electron chi connectivity index (χ1n) is 5.99. The number of fused-ring (bicyclic) bond motifs is 1. The maximum atomic E-state index is 5.91. The summed E-state index contributed by atoms with van der Waals surface area (Å²) in [5.41, 5.74) is 2.50. The summed E-state index contributed by atoms with van der Waals surface area (Å²) in [6.07, 6.45) is 20.3. The van der Waals surface area contributed by atoms with Crippen LogP contribution in [0.5, 0.6) is 0 Å². The van der Waals surface area contributed by atoms with Crippen molar-refractivity contribution >= 4 is 0 Å². The molecule has 3 aliphatic heterocycles. The van der Waals surface area contributed by atoms with Crippen LogP contribution in [0.25, 0.3) is 0 Å². The van der Waals surface area contributed by atoms with Gasteiger partial charge in [-0.1, -0.05) is 30.4 Å². The maximum absolute atomic E-state index is 5.91. The summed E-state index contributed by atoms with van der Waals surface area (Å²) in [4.78, 5) is 2.15. The van der Waals surface area contributed by atoms with E-state index in [4.69, 9.17) is 4.74 Å². The van der Waals surface area contributed by atoms with Crippen molar-refractivity contribution in [3.05, 3.63) is 72.0 Å². The van der Waals surface area contributed by atoms with E-state index in [0.717, 1.165) is 18.8 Å². The fraction of sp³-hybridized carbons (Fsp3) is 0.200. The topological polar surface area (TPSA) is 12.5 Å². The first-order chi connectivity index (χ1) is 8.40. The minimum atomic E-state index is -0.00387. The Hall–Kier alpha value is -1.96. The number of ether oxygens (including phenoxy) is 1. The lowest BCUT2D eigenvalue weighted by Crippen LogP contribution is -2.30. The summed E-state index contributed by atoms with van der Waals surface area (Å²) in [5, 5.41) is 0. The van der Waals surface area contributed by atoms with E-state index in [1.54, 1.807) is 0 Å². The van der Waals surface area contributed by atoms with Gasteiger partial charge in [-0.3, -0.25) is 0 Å². The molecule has 0 aromatic rings. The molecular formula is C15H13NO. The fourth-order valence-electron chi connectivity index (χ4n) is 2.99. The smallest absolute Gasteiger partial charge is 0.134 e. The minimum absolute atomic E-state index is 0.00387. The van der Waals surface area contributed by atoms with Gasteiger partial charge in [0.1, 0.15) is 5.76 Å². The number of hydrogen-bond donors (Lipinski definition) is 0. The van der Waals surface area contributed by atoms with Crippen molar-refractivity contribution < 1.29 is 4.74 Å². The zero-order chi connectivity index (χ0) is 11.3. The van der Waals surface area contributed by atoms with Crippen molar-refractivity contribution in [3.63, 3.8) is 0 Å². The summed E-state index contributed by atoms with van der Waals surface area (Å²) >= 11 is 0. The Bertz CT molecular complexity index is 559. The second-order valence-corrected chi connectivity index (χ2v) is 4.69. The Balaban J connectivity index is 1.98. The average molecular weight is 223 g/mol. The van der Waals surface area contributed by atoms with Gasteiger partial charge >= 0.3 is 0 Å². The normalized spacial score (nSPS) is 32.0. The van der Waals surface area contributed by atoms with E-state index < -0.39 is 0 Å². The highest BCUT2D eigenvalue weighted by molar-refractivity contribution is 5.53. The molecule has 0 amide bonds. The Morgan fingerprint density at radius 3 is 3.06 bits per heavy atom. The number of hydrogen-bond acceptors (Lipinski definition) is 2. The molecule has 84 valence electrons. The average Bonchev–Trinajstić information content (AvgIpc) is 2.80. The molecule has 1 fully saturated rings. The molecule has 2 heteroatoms. The van der Waals surface area contributed by atoms with Gasteiger partial charge in [-0.2, -0.15) is 0 Å². The van der Waals surface area contributed by atoms with Gasteiger partial charge in [-0.05, 0) is 17.7 Å². The van der Waals surface area contributed by atoms with E-state index in [1.165, 1.54) is 11.3 Å². The quantitative estimate of drug-likeness (QED) is 0.626. The van der Waals surface area contributed by atoms with Crippen molar-refractivity contribution in [2.24, 2.45) is 5.41 Å². The van der Waals surface area contributed by atoms with Gasteiger partial charge in [0.25, 0.3) is 0 Å². The van der Waals surface area contributed by atoms with Gasteiger partial charge in [0, 0.05) is 18.8 Å². The van der Waals surface area contributed by atoms with E-state index >= 15 is 0 Å². The van der Waals surface area contributed by atoms with Crippen LogP contribution in [-0.2, 0) is 4.74 Å². The first kappa shape index (κ1) is 9.11. The molecule has 0 bridgehead atoms. The summed E-state index contributed by atoms with van der Waals surface area (Å²) in [6.45, 7) is 0.805. The van der Waals surface area contributed by atoms with E-state index in [9.17, 15) is 0 Å². The van der Waals surface area contributed by atoms with Crippen LogP contribution in [0.4, 0.5) is 0 Å². The molecule has 17 heavy (non-hydrogen) atoms. The molecule has 3 heterocycles. The van der Waals surface area contributed by atoms with Crippen LogP contribution < -0.4 is 0 Å². The molecule has 0 radical (unpaired) electrons. The molecule has 2 nitrogen and oxygen atoms in total. The Labute approximate surface area is 101 Å². The van der Waals surface area contributed by atoms with Gasteiger partial charge in [0.2, 0.25) is 0 Å². The summed E-state index contributed by atoms with van der Waals surface area (Å²) < 4.78 is 5.91. The third-order valence-corrected chi connectivity index (χ3v) is 3.83. The van der Waals surface area contributed by atoms with E-state index in [0.29, 0.717) is 0 Å². The molecular weight excluding hydrogens is 210 g/mol. The van der Waals surface area contributed by atoms with Gasteiger partial charge < -0.3 is 9.64 Å². The number of nitrogens with zero attached hydrogens (tertiary/aromatic N) is 1. The molecule has 0 aromatic heterocycles. The fourth-order valence-corrected chi connectivity index (χ4v) is 2.99. The Morgan fingerprint density at radius 2 is 2.06 bits per heavy atom. The van der Waals surface area contributed by atoms with Gasteiger partial charge in [0.15, 0.2) is 0 Å². The standard InChI is InChI=1S/C15H13NO/c1-3-7-15-8-10-17-14(15)13-6-2-4-9-16(13)11-12(15)5-1/h1-7,9,11H,8,10H2. The van der Waals surface area contributed by atoms with Gasteiger partial charge in [-0.25, -0.2) is 0 Å². The second-order valence-electron chi connectivity index (χ2n) is 4.69. The molecule has 0 aromatic carbocycles. The van der Waals surface area contributed by atoms with Crippen LogP contribution in [0.3, 0.4) is 0 Å². The zero-order valence-electron chi connectivity index (χ0n) is 9.47. The van der Waals surface area contributed by atoms with Crippen molar-refractivity contribution in [3.8, 4) is 0 Å². The van der Waals surface area contributed by atoms with Gasteiger partial charge in [-0.15, -0.1) is 0 Å². The highest BCUT2D eigenvalue weighted by Gasteiger charge is 2.46. The molecule has 0 N–H and O–H groups in total. The molecule has 4 rings (SSSR count). The van der Waals surface area contributed by atoms with Crippen molar-refractivity contribution in [1.82, 2.24) is 4.90 Å². The summed E-state index contributed by atoms with van der Waals surface area (Å²) in [7, 11) is 0. The highest BCUT2D eigenvalue weighted by Crippen LogP contribution is 2.52. The highest BCUT2D eigenvalue weighted by atomic mass is 16.5. The predicted molar refractivity (Wildman–Crippen MR) is 66.5 cm³/mol. The van der Waals surface area contributed by atoms with Crippen LogP contribution in [0.2, 0.25) is 0 Å². The second kappa shape index (κ2) is 3.04. The molecule has 1 spiro atoms. The lowest BCUT2D eigenvalue weighted by atomic mass is 9.72. The van der Waals surface area contributed by atoms with Crippen LogP contribution in [-0.4, -0.2) is 11.5 Å². The molecule has 1 aliphatic carbocycles.